The molecule has 18 heavy (non-hydrogen) atoms. The van der Waals surface area contributed by atoms with Crippen LogP contribution in [0.15, 0.2) is 17.5 Å². The quantitative estimate of drug-likeness (QED) is 0.926. The van der Waals surface area contributed by atoms with Gasteiger partial charge in [-0.05, 0) is 19.1 Å². The molecule has 6 heteroatoms. The summed E-state index contributed by atoms with van der Waals surface area (Å²) in [5, 5.41) is 3.80. The monoisotopic (exact) mass is 302 g/mol. The Labute approximate surface area is 120 Å². The van der Waals surface area contributed by atoms with Crippen LogP contribution in [0.25, 0.3) is 11.3 Å². The van der Waals surface area contributed by atoms with Crippen molar-refractivity contribution in [2.75, 3.05) is 7.11 Å². The summed E-state index contributed by atoms with van der Waals surface area (Å²) in [4.78, 5) is 4.47. The molecule has 2 N–H and O–H groups in total. The van der Waals surface area contributed by atoms with E-state index in [9.17, 15) is 0 Å². The van der Waals surface area contributed by atoms with E-state index in [-0.39, 0.29) is 6.04 Å². The van der Waals surface area contributed by atoms with E-state index in [1.165, 1.54) is 11.3 Å². The van der Waals surface area contributed by atoms with Gasteiger partial charge in [0.15, 0.2) is 0 Å². The molecule has 0 spiro atoms. The van der Waals surface area contributed by atoms with E-state index in [4.69, 9.17) is 33.7 Å². The van der Waals surface area contributed by atoms with Crippen molar-refractivity contribution >= 4 is 34.5 Å². The highest BCUT2D eigenvalue weighted by atomic mass is 35.5. The molecule has 0 aliphatic rings. The number of nitrogens with two attached hydrogens (primary N) is 1. The maximum Gasteiger partial charge on any atom is 0.146 e. The van der Waals surface area contributed by atoms with Crippen molar-refractivity contribution in [3.8, 4) is 17.0 Å². The van der Waals surface area contributed by atoms with E-state index >= 15 is 0 Å². The van der Waals surface area contributed by atoms with Crippen LogP contribution in [0.2, 0.25) is 10.0 Å². The van der Waals surface area contributed by atoms with Gasteiger partial charge in [-0.3, -0.25) is 0 Å². The van der Waals surface area contributed by atoms with Crippen molar-refractivity contribution in [3.63, 3.8) is 0 Å². The molecule has 2 aromatic rings. The Bertz CT molecular complexity index is 569. The molecule has 0 radical (unpaired) electrons. The van der Waals surface area contributed by atoms with Gasteiger partial charge in [-0.15, -0.1) is 11.3 Å². The second kappa shape index (κ2) is 5.45. The molecule has 3 nitrogen and oxygen atoms in total. The van der Waals surface area contributed by atoms with Crippen molar-refractivity contribution in [1.29, 1.82) is 0 Å². The van der Waals surface area contributed by atoms with Crippen molar-refractivity contribution in [2.24, 2.45) is 5.73 Å². The Morgan fingerprint density at radius 1 is 1.39 bits per heavy atom. The third kappa shape index (κ3) is 2.62. The summed E-state index contributed by atoms with van der Waals surface area (Å²) in [6.07, 6.45) is 0. The van der Waals surface area contributed by atoms with Gasteiger partial charge in [0.25, 0.3) is 0 Å². The van der Waals surface area contributed by atoms with Crippen LogP contribution in [0, 0.1) is 0 Å². The predicted molar refractivity (Wildman–Crippen MR) is 76.7 cm³/mol. The number of rotatable bonds is 3. The van der Waals surface area contributed by atoms with Crippen molar-refractivity contribution < 1.29 is 4.74 Å². The second-order valence-electron chi connectivity index (χ2n) is 3.83. The molecular formula is C12H12Cl2N2OS. The standard InChI is InChI=1S/C12H12Cl2N2OS/c1-6(15)12-16-10(5-18-12)8-3-7(13)4-9(14)11(8)17-2/h3-6H,15H2,1-2H3. The molecule has 1 aromatic carbocycles. The number of hydrogen-bond donors (Lipinski definition) is 1. The van der Waals surface area contributed by atoms with Gasteiger partial charge in [-0.25, -0.2) is 4.98 Å². The van der Waals surface area contributed by atoms with Crippen molar-refractivity contribution in [3.05, 3.63) is 32.6 Å². The Morgan fingerprint density at radius 3 is 2.67 bits per heavy atom. The minimum atomic E-state index is -0.0931. The highest BCUT2D eigenvalue weighted by molar-refractivity contribution is 7.10. The summed E-state index contributed by atoms with van der Waals surface area (Å²) < 4.78 is 5.30. The van der Waals surface area contributed by atoms with Crippen LogP contribution in [0.1, 0.15) is 18.0 Å². The van der Waals surface area contributed by atoms with Gasteiger partial charge < -0.3 is 10.5 Å². The van der Waals surface area contributed by atoms with Gasteiger partial charge in [0.1, 0.15) is 10.8 Å². The molecule has 1 atom stereocenters. The summed E-state index contributed by atoms with van der Waals surface area (Å²) in [7, 11) is 1.57. The van der Waals surface area contributed by atoms with Gasteiger partial charge in [0, 0.05) is 16.0 Å². The highest BCUT2D eigenvalue weighted by Crippen LogP contribution is 2.39. The summed E-state index contributed by atoms with van der Waals surface area (Å²) >= 11 is 13.6. The number of hydrogen-bond acceptors (Lipinski definition) is 4. The first-order chi connectivity index (χ1) is 8.52. The van der Waals surface area contributed by atoms with Crippen molar-refractivity contribution in [2.45, 2.75) is 13.0 Å². The maximum absolute atomic E-state index is 6.10. The largest absolute Gasteiger partial charge is 0.494 e. The average molecular weight is 303 g/mol. The Kier molecular flexibility index (Phi) is 4.12. The van der Waals surface area contributed by atoms with Crippen LogP contribution in [0.3, 0.4) is 0 Å². The van der Waals surface area contributed by atoms with Gasteiger partial charge in [-0.1, -0.05) is 23.2 Å². The average Bonchev–Trinajstić information content (AvgIpc) is 2.77. The normalized spacial score (nSPS) is 12.5. The molecule has 1 aromatic heterocycles. The topological polar surface area (TPSA) is 48.1 Å². The molecule has 0 amide bonds. The van der Waals surface area contributed by atoms with Gasteiger partial charge in [0.2, 0.25) is 0 Å². The van der Waals surface area contributed by atoms with Crippen LogP contribution in [0.4, 0.5) is 0 Å². The Balaban J connectivity index is 2.55. The van der Waals surface area contributed by atoms with Gasteiger partial charge >= 0.3 is 0 Å². The highest BCUT2D eigenvalue weighted by Gasteiger charge is 2.15. The minimum Gasteiger partial charge on any atom is -0.494 e. The van der Waals surface area contributed by atoms with Crippen LogP contribution < -0.4 is 10.5 Å². The number of thiazole rings is 1. The zero-order valence-corrected chi connectivity index (χ0v) is 12.2. The van der Waals surface area contributed by atoms with Crippen LogP contribution in [0.5, 0.6) is 5.75 Å². The Hall–Kier alpha value is -0.810. The lowest BCUT2D eigenvalue weighted by atomic mass is 10.1. The second-order valence-corrected chi connectivity index (χ2v) is 5.56. The molecular weight excluding hydrogens is 291 g/mol. The first-order valence-corrected chi connectivity index (χ1v) is 6.91. The van der Waals surface area contributed by atoms with Gasteiger partial charge in [0.05, 0.1) is 23.9 Å². The summed E-state index contributed by atoms with van der Waals surface area (Å²) in [5.41, 5.74) is 7.35. The molecule has 0 saturated carbocycles. The van der Waals surface area contributed by atoms with E-state index in [0.717, 1.165) is 16.3 Å². The molecule has 0 saturated heterocycles. The number of nitrogens with zero attached hydrogens (tertiary/aromatic N) is 1. The third-order valence-electron chi connectivity index (χ3n) is 2.40. The smallest absolute Gasteiger partial charge is 0.146 e. The summed E-state index contributed by atoms with van der Waals surface area (Å²) in [6.45, 7) is 1.89. The maximum atomic E-state index is 6.10. The van der Waals surface area contributed by atoms with Crippen molar-refractivity contribution in [1.82, 2.24) is 4.98 Å². The first-order valence-electron chi connectivity index (χ1n) is 5.27. The molecule has 1 unspecified atom stereocenters. The number of methoxy groups -OCH3 is 1. The molecule has 2 rings (SSSR count). The number of halogens is 2. The third-order valence-corrected chi connectivity index (χ3v) is 3.94. The lowest BCUT2D eigenvalue weighted by molar-refractivity contribution is 0.416. The molecule has 0 fully saturated rings. The summed E-state index contributed by atoms with van der Waals surface area (Å²) in [5.74, 6) is 0.572. The van der Waals surface area contributed by atoms with Crippen LogP contribution >= 0.6 is 34.5 Å². The lowest BCUT2D eigenvalue weighted by Crippen LogP contribution is -2.04. The fourth-order valence-electron chi connectivity index (χ4n) is 1.58. The molecule has 0 aliphatic carbocycles. The van der Waals surface area contributed by atoms with E-state index < -0.39 is 0 Å². The lowest BCUT2D eigenvalue weighted by Gasteiger charge is -2.09. The first kappa shape index (κ1) is 13.6. The summed E-state index contributed by atoms with van der Waals surface area (Å²) in [6, 6.07) is 3.33. The number of ether oxygens (including phenoxy) is 1. The number of benzene rings is 1. The minimum absolute atomic E-state index is 0.0931. The van der Waals surface area contributed by atoms with Crippen LogP contribution in [-0.4, -0.2) is 12.1 Å². The molecule has 1 heterocycles. The van der Waals surface area contributed by atoms with Crippen LogP contribution in [-0.2, 0) is 0 Å². The van der Waals surface area contributed by atoms with E-state index in [1.54, 1.807) is 19.2 Å². The fourth-order valence-corrected chi connectivity index (χ4v) is 2.93. The molecule has 96 valence electrons. The zero-order chi connectivity index (χ0) is 13.3. The zero-order valence-electron chi connectivity index (χ0n) is 9.91. The predicted octanol–water partition coefficient (Wildman–Crippen LogP) is 4.15. The Morgan fingerprint density at radius 2 is 2.11 bits per heavy atom. The van der Waals surface area contributed by atoms with Gasteiger partial charge in [-0.2, -0.15) is 0 Å². The SMILES string of the molecule is COc1c(Cl)cc(Cl)cc1-c1csc(C(C)N)n1. The molecule has 0 bridgehead atoms. The molecule has 0 aliphatic heterocycles. The fraction of sp³-hybridized carbons (Fsp3) is 0.250. The van der Waals surface area contributed by atoms with E-state index in [2.05, 4.69) is 4.98 Å². The number of aromatic nitrogens is 1. The van der Waals surface area contributed by atoms with E-state index in [0.29, 0.717) is 15.8 Å². The van der Waals surface area contributed by atoms with E-state index in [1.807, 2.05) is 12.3 Å².